The number of alkyl carbamates (subject to hydrolysis) is 1. The molecule has 0 aliphatic carbocycles. The van der Waals surface area contributed by atoms with Gasteiger partial charge in [-0.2, -0.15) is 11.8 Å². The first kappa shape index (κ1) is 17.7. The van der Waals surface area contributed by atoms with Gasteiger partial charge in [-0.3, -0.25) is 4.90 Å². The summed E-state index contributed by atoms with van der Waals surface area (Å²) < 4.78 is 24.6. The Labute approximate surface area is 149 Å². The summed E-state index contributed by atoms with van der Waals surface area (Å²) in [6.45, 7) is 1.78. The van der Waals surface area contributed by atoms with E-state index in [4.69, 9.17) is 9.47 Å². The molecule has 2 aliphatic rings. The van der Waals surface area contributed by atoms with Crippen molar-refractivity contribution >= 4 is 35.3 Å². The van der Waals surface area contributed by atoms with E-state index in [-0.39, 0.29) is 19.0 Å². The number of nitrogens with one attached hydrogen (secondary N) is 1. The first-order valence-corrected chi connectivity index (χ1v) is 9.19. The van der Waals surface area contributed by atoms with E-state index in [2.05, 4.69) is 5.32 Å². The molecule has 1 N–H and O–H groups in total. The summed E-state index contributed by atoms with van der Waals surface area (Å²) in [5.74, 6) is 1.60. The zero-order valence-electron chi connectivity index (χ0n) is 13.9. The second kappa shape index (κ2) is 7.81. The van der Waals surface area contributed by atoms with E-state index in [0.717, 1.165) is 24.6 Å². The Morgan fingerprint density at radius 2 is 2.20 bits per heavy atom. The van der Waals surface area contributed by atoms with E-state index in [1.54, 1.807) is 12.1 Å². The average molecular weight is 369 g/mol. The van der Waals surface area contributed by atoms with Gasteiger partial charge in [0.05, 0.1) is 17.9 Å². The first-order valence-electron chi connectivity index (χ1n) is 8.03. The molecule has 25 heavy (non-hydrogen) atoms. The summed E-state index contributed by atoms with van der Waals surface area (Å²) >= 11 is 1.86. The lowest BCUT2D eigenvalue weighted by Gasteiger charge is -2.29. The van der Waals surface area contributed by atoms with Crippen molar-refractivity contribution < 1.29 is 23.5 Å². The Kier molecular flexibility index (Phi) is 5.52. The molecule has 0 radical (unpaired) electrons. The number of thioether (sulfide) groups is 1. The molecule has 1 atom stereocenters. The molecule has 136 valence electrons. The summed E-state index contributed by atoms with van der Waals surface area (Å²) in [7, 11) is 1.45. The smallest absolute Gasteiger partial charge is 0.414 e. The van der Waals surface area contributed by atoms with Crippen LogP contribution in [0, 0.1) is 5.82 Å². The molecule has 1 aromatic carbocycles. The van der Waals surface area contributed by atoms with Crippen LogP contribution in [0.1, 0.15) is 0 Å². The maximum absolute atomic E-state index is 14.5. The molecule has 2 heterocycles. The van der Waals surface area contributed by atoms with Gasteiger partial charge in [-0.25, -0.2) is 14.0 Å². The SMILES string of the molecule is CNC(=O)OCC1CN(c2ccc(N3CCSCC3)c(F)c2)C(=O)O1. The molecule has 1 aromatic rings. The Balaban J connectivity index is 1.66. The van der Waals surface area contributed by atoms with Crippen molar-refractivity contribution in [2.75, 3.05) is 54.6 Å². The van der Waals surface area contributed by atoms with Crippen LogP contribution in [-0.4, -0.2) is 63.1 Å². The van der Waals surface area contributed by atoms with E-state index in [1.165, 1.54) is 18.0 Å². The van der Waals surface area contributed by atoms with Crippen molar-refractivity contribution in [3.8, 4) is 0 Å². The van der Waals surface area contributed by atoms with Crippen LogP contribution in [0.15, 0.2) is 18.2 Å². The highest BCUT2D eigenvalue weighted by atomic mass is 32.2. The van der Waals surface area contributed by atoms with Crippen molar-refractivity contribution in [1.29, 1.82) is 0 Å². The number of hydrogen-bond acceptors (Lipinski definition) is 6. The summed E-state index contributed by atoms with van der Waals surface area (Å²) in [6.07, 6.45) is -1.75. The van der Waals surface area contributed by atoms with E-state index >= 15 is 0 Å². The van der Waals surface area contributed by atoms with Gasteiger partial charge < -0.3 is 19.7 Å². The summed E-state index contributed by atoms with van der Waals surface area (Å²) in [5.41, 5.74) is 0.983. The lowest BCUT2D eigenvalue weighted by molar-refractivity contribution is 0.0745. The highest BCUT2D eigenvalue weighted by Gasteiger charge is 2.33. The third-order valence-electron chi connectivity index (χ3n) is 4.07. The zero-order chi connectivity index (χ0) is 17.8. The van der Waals surface area contributed by atoms with E-state index in [9.17, 15) is 14.0 Å². The third-order valence-corrected chi connectivity index (χ3v) is 5.02. The monoisotopic (exact) mass is 369 g/mol. The third kappa shape index (κ3) is 4.09. The Bertz CT molecular complexity index is 654. The predicted octanol–water partition coefficient (Wildman–Crippen LogP) is 2.06. The van der Waals surface area contributed by atoms with Crippen molar-refractivity contribution in [1.82, 2.24) is 5.32 Å². The van der Waals surface area contributed by atoms with Crippen molar-refractivity contribution in [2.24, 2.45) is 0 Å². The Morgan fingerprint density at radius 3 is 2.88 bits per heavy atom. The van der Waals surface area contributed by atoms with Crippen LogP contribution in [0.3, 0.4) is 0 Å². The summed E-state index contributed by atoms with van der Waals surface area (Å²) in [6, 6.07) is 4.76. The fraction of sp³-hybridized carbons (Fsp3) is 0.500. The lowest BCUT2D eigenvalue weighted by atomic mass is 10.2. The average Bonchev–Trinajstić information content (AvgIpc) is 3.01. The van der Waals surface area contributed by atoms with Gasteiger partial charge in [0.15, 0.2) is 6.10 Å². The molecule has 2 fully saturated rings. The quantitative estimate of drug-likeness (QED) is 0.876. The molecule has 0 saturated carbocycles. The number of anilines is 2. The van der Waals surface area contributed by atoms with Gasteiger partial charge in [-0.05, 0) is 18.2 Å². The number of halogens is 1. The minimum Gasteiger partial charge on any atom is -0.446 e. The Hall–Kier alpha value is -2.16. The molecule has 3 rings (SSSR count). The topological polar surface area (TPSA) is 71.1 Å². The summed E-state index contributed by atoms with van der Waals surface area (Å²) in [5, 5.41) is 2.32. The number of cyclic esters (lactones) is 1. The van der Waals surface area contributed by atoms with Crippen LogP contribution in [0.25, 0.3) is 0 Å². The standard InChI is InChI=1S/C16H20FN3O4S/c1-18-15(21)23-10-12-9-20(16(22)24-12)11-2-3-14(13(17)8-11)19-4-6-25-7-5-19/h2-3,8,12H,4-7,9-10H2,1H3,(H,18,21). The van der Waals surface area contributed by atoms with E-state index in [0.29, 0.717) is 11.4 Å². The fourth-order valence-corrected chi connectivity index (χ4v) is 3.69. The number of amides is 2. The van der Waals surface area contributed by atoms with Gasteiger partial charge in [-0.1, -0.05) is 0 Å². The molecular formula is C16H20FN3O4S. The number of rotatable bonds is 4. The number of hydrogen-bond donors (Lipinski definition) is 1. The summed E-state index contributed by atoms with van der Waals surface area (Å²) in [4.78, 5) is 26.5. The van der Waals surface area contributed by atoms with Crippen molar-refractivity contribution in [2.45, 2.75) is 6.10 Å². The second-order valence-corrected chi connectivity index (χ2v) is 6.92. The van der Waals surface area contributed by atoms with Gasteiger partial charge in [-0.15, -0.1) is 0 Å². The van der Waals surface area contributed by atoms with Crippen LogP contribution in [0.5, 0.6) is 0 Å². The molecule has 2 amide bonds. The fourth-order valence-electron chi connectivity index (χ4n) is 2.78. The molecule has 1 unspecified atom stereocenters. The van der Waals surface area contributed by atoms with Crippen molar-refractivity contribution in [3.63, 3.8) is 0 Å². The molecule has 0 bridgehead atoms. The lowest BCUT2D eigenvalue weighted by Crippen LogP contribution is -2.33. The highest BCUT2D eigenvalue weighted by Crippen LogP contribution is 2.29. The predicted molar refractivity (Wildman–Crippen MR) is 94.0 cm³/mol. The van der Waals surface area contributed by atoms with Gasteiger partial charge in [0, 0.05) is 31.6 Å². The van der Waals surface area contributed by atoms with Crippen LogP contribution in [0.4, 0.5) is 25.4 Å². The van der Waals surface area contributed by atoms with E-state index in [1.807, 2.05) is 16.7 Å². The maximum Gasteiger partial charge on any atom is 0.414 e. The number of ether oxygens (including phenoxy) is 2. The zero-order valence-corrected chi connectivity index (χ0v) is 14.7. The van der Waals surface area contributed by atoms with Crippen LogP contribution < -0.4 is 15.1 Å². The largest absolute Gasteiger partial charge is 0.446 e. The van der Waals surface area contributed by atoms with Crippen LogP contribution in [0.2, 0.25) is 0 Å². The molecule has 0 spiro atoms. The molecule has 9 heteroatoms. The Morgan fingerprint density at radius 1 is 1.44 bits per heavy atom. The van der Waals surface area contributed by atoms with E-state index < -0.39 is 18.3 Å². The molecule has 0 aromatic heterocycles. The molecule has 2 aliphatic heterocycles. The second-order valence-electron chi connectivity index (χ2n) is 5.70. The molecular weight excluding hydrogens is 349 g/mol. The molecule has 2 saturated heterocycles. The molecule has 7 nitrogen and oxygen atoms in total. The normalized spacial score (nSPS) is 20.4. The van der Waals surface area contributed by atoms with Gasteiger partial charge in [0.1, 0.15) is 12.4 Å². The van der Waals surface area contributed by atoms with Gasteiger partial charge in [0.25, 0.3) is 0 Å². The number of nitrogens with zero attached hydrogens (tertiary/aromatic N) is 2. The van der Waals surface area contributed by atoms with Crippen molar-refractivity contribution in [3.05, 3.63) is 24.0 Å². The number of benzene rings is 1. The minimum absolute atomic E-state index is 0.0477. The minimum atomic E-state index is -0.593. The highest BCUT2D eigenvalue weighted by molar-refractivity contribution is 7.99. The number of carbonyl (C=O) groups excluding carboxylic acids is 2. The van der Waals surface area contributed by atoms with Gasteiger partial charge >= 0.3 is 12.2 Å². The maximum atomic E-state index is 14.5. The first-order chi connectivity index (χ1) is 12.1. The van der Waals surface area contributed by atoms with Crippen LogP contribution >= 0.6 is 11.8 Å². The van der Waals surface area contributed by atoms with Gasteiger partial charge in [0.2, 0.25) is 0 Å². The van der Waals surface area contributed by atoms with Crippen LogP contribution in [-0.2, 0) is 9.47 Å². The number of carbonyl (C=O) groups is 2.